The van der Waals surface area contributed by atoms with Gasteiger partial charge < -0.3 is 9.59 Å². The molecule has 0 fully saturated rings. The maximum absolute atomic E-state index is 10.9. The van der Waals surface area contributed by atoms with Crippen molar-refractivity contribution in [3.05, 3.63) is 20.2 Å². The molecule has 8 nitrogen and oxygen atoms in total. The van der Waals surface area contributed by atoms with Crippen molar-refractivity contribution < 1.29 is 19.4 Å². The van der Waals surface area contributed by atoms with Gasteiger partial charge in [0.15, 0.2) is 0 Å². The van der Waals surface area contributed by atoms with Crippen LogP contribution in [-0.4, -0.2) is 33.5 Å². The van der Waals surface area contributed by atoms with Crippen LogP contribution in [0.15, 0.2) is 0 Å². The van der Waals surface area contributed by atoms with E-state index in [1.165, 1.54) is 13.8 Å². The number of nitrogens with zero attached hydrogens (tertiary/aromatic N) is 2. The normalized spacial score (nSPS) is 13.4. The van der Waals surface area contributed by atoms with E-state index in [0.29, 0.717) is 6.42 Å². The van der Waals surface area contributed by atoms with E-state index < -0.39 is 21.9 Å². The monoisotopic (exact) mass is 302 g/mol. The fourth-order valence-electron chi connectivity index (χ4n) is 2.04. The Balaban J connectivity index is 4.24. The van der Waals surface area contributed by atoms with Gasteiger partial charge in [-0.25, -0.2) is 0 Å². The molecule has 8 heteroatoms. The lowest BCUT2D eigenvalue weighted by Gasteiger charge is -2.11. The molecule has 0 spiro atoms. The van der Waals surface area contributed by atoms with Crippen molar-refractivity contribution in [1.82, 2.24) is 0 Å². The number of carbonyl (C=O) groups is 2. The second-order valence-electron chi connectivity index (χ2n) is 5.29. The van der Waals surface area contributed by atoms with Crippen LogP contribution >= 0.6 is 0 Å². The number of hydrogen-bond acceptors (Lipinski definition) is 6. The summed E-state index contributed by atoms with van der Waals surface area (Å²) in [6.45, 7) is 2.75. The molecule has 0 radical (unpaired) electrons. The van der Waals surface area contributed by atoms with Gasteiger partial charge in [0.25, 0.3) is 0 Å². The van der Waals surface area contributed by atoms with Crippen molar-refractivity contribution in [2.75, 3.05) is 0 Å². The van der Waals surface area contributed by atoms with Gasteiger partial charge in [0, 0.05) is 48.4 Å². The number of hydrogen-bond donors (Lipinski definition) is 0. The van der Waals surface area contributed by atoms with E-state index in [1.54, 1.807) is 0 Å². The third-order valence-corrected chi connectivity index (χ3v) is 3.33. The molecule has 0 saturated heterocycles. The molecule has 0 aliphatic carbocycles. The highest BCUT2D eigenvalue weighted by Gasteiger charge is 2.24. The van der Waals surface area contributed by atoms with Gasteiger partial charge in [0.05, 0.1) is 0 Å². The van der Waals surface area contributed by atoms with Crippen molar-refractivity contribution in [2.45, 2.75) is 70.9 Å². The maximum Gasteiger partial charge on any atom is 0.213 e. The average Bonchev–Trinajstić information content (AvgIpc) is 2.35. The van der Waals surface area contributed by atoms with Crippen molar-refractivity contribution in [1.29, 1.82) is 0 Å². The van der Waals surface area contributed by atoms with Crippen LogP contribution in [0.25, 0.3) is 0 Å². The minimum atomic E-state index is -0.839. The number of nitro groups is 2. The van der Waals surface area contributed by atoms with E-state index in [9.17, 15) is 29.8 Å². The Kier molecular flexibility index (Phi) is 9.07. The number of Topliss-reactive ketones (excluding diaryl/α,β-unsaturated/α-hetero) is 2. The van der Waals surface area contributed by atoms with Crippen LogP contribution in [0.3, 0.4) is 0 Å². The second-order valence-corrected chi connectivity index (χ2v) is 5.29. The van der Waals surface area contributed by atoms with Crippen molar-refractivity contribution >= 4 is 11.6 Å². The van der Waals surface area contributed by atoms with Crippen LogP contribution in [0, 0.1) is 20.2 Å². The fraction of sp³-hybridized carbons (Fsp3) is 0.846. The summed E-state index contributed by atoms with van der Waals surface area (Å²) in [7, 11) is 0. The largest absolute Gasteiger partial charge is 0.300 e. The third kappa shape index (κ3) is 9.64. The Bertz CT molecular complexity index is 360. The highest BCUT2D eigenvalue weighted by molar-refractivity contribution is 5.75. The lowest BCUT2D eigenvalue weighted by Crippen LogP contribution is -2.23. The Morgan fingerprint density at radius 3 is 1.38 bits per heavy atom. The van der Waals surface area contributed by atoms with E-state index in [0.717, 1.165) is 0 Å². The van der Waals surface area contributed by atoms with Gasteiger partial charge in [-0.2, -0.15) is 0 Å². The summed E-state index contributed by atoms with van der Waals surface area (Å²) in [6, 6.07) is -1.68. The van der Waals surface area contributed by atoms with E-state index in [-0.39, 0.29) is 50.1 Å². The van der Waals surface area contributed by atoms with Crippen LogP contribution in [-0.2, 0) is 9.59 Å². The minimum absolute atomic E-state index is 0.105. The number of ketones is 2. The third-order valence-electron chi connectivity index (χ3n) is 3.33. The lowest BCUT2D eigenvalue weighted by molar-refractivity contribution is -0.529. The predicted molar refractivity (Wildman–Crippen MR) is 75.2 cm³/mol. The van der Waals surface area contributed by atoms with E-state index in [4.69, 9.17) is 0 Å². The first-order valence-electron chi connectivity index (χ1n) is 7.00. The molecule has 0 heterocycles. The van der Waals surface area contributed by atoms with E-state index in [2.05, 4.69) is 0 Å². The lowest BCUT2D eigenvalue weighted by atomic mass is 9.99. The highest BCUT2D eigenvalue weighted by Crippen LogP contribution is 2.15. The SMILES string of the molecule is CC(=O)CC[C@@H](CCC[C@H](CCC(C)=O)[N+](=O)[O-])[N+](=O)[O-]. The predicted octanol–water partition coefficient (Wildman–Crippen LogP) is 2.19. The van der Waals surface area contributed by atoms with Gasteiger partial charge in [-0.3, -0.25) is 20.2 Å². The molecule has 0 saturated carbocycles. The zero-order chi connectivity index (χ0) is 16.4. The molecule has 0 aromatic carbocycles. The molecule has 0 aliphatic heterocycles. The van der Waals surface area contributed by atoms with Gasteiger partial charge in [-0.1, -0.05) is 0 Å². The molecule has 0 aromatic heterocycles. The quantitative estimate of drug-likeness (QED) is 0.402. The average molecular weight is 302 g/mol. The van der Waals surface area contributed by atoms with Crippen molar-refractivity contribution in [3.63, 3.8) is 0 Å². The van der Waals surface area contributed by atoms with Gasteiger partial charge in [-0.15, -0.1) is 0 Å². The summed E-state index contributed by atoms with van der Waals surface area (Å²) in [5.74, 6) is -0.210. The summed E-state index contributed by atoms with van der Waals surface area (Å²) < 4.78 is 0. The molecule has 0 aromatic rings. The van der Waals surface area contributed by atoms with Crippen LogP contribution in [0.2, 0.25) is 0 Å². The molecule has 21 heavy (non-hydrogen) atoms. The Morgan fingerprint density at radius 2 is 1.14 bits per heavy atom. The standard InChI is InChI=1S/C13H22N2O6/c1-10(16)6-8-12(14(18)19)4-3-5-13(15(20)21)9-7-11(2)17/h12-13H,3-9H2,1-2H3/t12-,13-/m1/s1. The first kappa shape index (κ1) is 19.1. The zero-order valence-electron chi connectivity index (χ0n) is 12.4. The van der Waals surface area contributed by atoms with Crippen LogP contribution in [0.4, 0.5) is 0 Å². The zero-order valence-corrected chi connectivity index (χ0v) is 12.4. The molecule has 120 valence electrons. The van der Waals surface area contributed by atoms with Gasteiger partial charge >= 0.3 is 0 Å². The van der Waals surface area contributed by atoms with Crippen LogP contribution < -0.4 is 0 Å². The van der Waals surface area contributed by atoms with E-state index in [1.807, 2.05) is 0 Å². The fourth-order valence-corrected chi connectivity index (χ4v) is 2.04. The molecule has 2 atom stereocenters. The van der Waals surface area contributed by atoms with Crippen LogP contribution in [0.5, 0.6) is 0 Å². The Morgan fingerprint density at radius 1 is 0.810 bits per heavy atom. The molecular weight excluding hydrogens is 280 g/mol. The molecule has 0 bridgehead atoms. The minimum Gasteiger partial charge on any atom is -0.300 e. The smallest absolute Gasteiger partial charge is 0.213 e. The van der Waals surface area contributed by atoms with Crippen molar-refractivity contribution in [2.24, 2.45) is 0 Å². The molecule has 0 rings (SSSR count). The first-order chi connectivity index (χ1) is 9.73. The van der Waals surface area contributed by atoms with Crippen molar-refractivity contribution in [3.8, 4) is 0 Å². The summed E-state index contributed by atoms with van der Waals surface area (Å²) in [5, 5.41) is 21.7. The van der Waals surface area contributed by atoms with E-state index >= 15 is 0 Å². The summed E-state index contributed by atoms with van der Waals surface area (Å²) in [4.78, 5) is 42.5. The molecule has 0 N–H and O–H groups in total. The number of carbonyl (C=O) groups excluding carboxylic acids is 2. The molecule has 0 amide bonds. The maximum atomic E-state index is 10.9. The molecule has 0 aliphatic rings. The topological polar surface area (TPSA) is 120 Å². The number of rotatable bonds is 12. The van der Waals surface area contributed by atoms with Gasteiger partial charge in [0.2, 0.25) is 12.1 Å². The Labute approximate surface area is 123 Å². The Hall–Kier alpha value is -1.86. The summed E-state index contributed by atoms with van der Waals surface area (Å²) >= 11 is 0. The molecule has 0 unspecified atom stereocenters. The van der Waals surface area contributed by atoms with Gasteiger partial charge in [-0.05, 0) is 20.3 Å². The second kappa shape index (κ2) is 9.95. The molecular formula is C13H22N2O6. The van der Waals surface area contributed by atoms with Crippen LogP contribution in [0.1, 0.15) is 58.8 Å². The van der Waals surface area contributed by atoms with Gasteiger partial charge in [0.1, 0.15) is 11.6 Å². The first-order valence-corrected chi connectivity index (χ1v) is 7.00. The highest BCUT2D eigenvalue weighted by atomic mass is 16.6. The summed E-state index contributed by atoms with van der Waals surface area (Å²) in [5.41, 5.74) is 0. The summed E-state index contributed by atoms with van der Waals surface area (Å²) in [6.07, 6.45) is 1.39.